The summed E-state index contributed by atoms with van der Waals surface area (Å²) in [6, 6.07) is -0.624. The van der Waals surface area contributed by atoms with Crippen molar-refractivity contribution in [1.29, 1.82) is 0 Å². The van der Waals surface area contributed by atoms with Crippen LogP contribution in [0.15, 0.2) is 48.6 Å². The molecule has 0 aromatic carbocycles. The molecule has 0 bridgehead atoms. The van der Waals surface area contributed by atoms with Gasteiger partial charge in [-0.2, -0.15) is 0 Å². The molecule has 0 saturated carbocycles. The molecule has 0 radical (unpaired) electrons. The fourth-order valence-electron chi connectivity index (χ4n) is 9.84. The van der Waals surface area contributed by atoms with Crippen LogP contribution in [0.4, 0.5) is 0 Å². The zero-order chi connectivity index (χ0) is 52.9. The van der Waals surface area contributed by atoms with Gasteiger partial charge in [0.1, 0.15) is 0 Å². The van der Waals surface area contributed by atoms with Crippen LogP contribution >= 0.6 is 0 Å². The highest BCUT2D eigenvalue weighted by atomic mass is 16.5. The second-order valence-electron chi connectivity index (χ2n) is 22.1. The number of aliphatic hydroxyl groups excluding tert-OH is 2. The molecule has 0 aliphatic rings. The molecule has 428 valence electrons. The van der Waals surface area contributed by atoms with Crippen LogP contribution < -0.4 is 5.32 Å². The van der Waals surface area contributed by atoms with Gasteiger partial charge < -0.3 is 20.3 Å². The number of rotatable bonds is 60. The fraction of sp³-hybridized carbons (Fsp3) is 0.851. The molecule has 0 saturated heterocycles. The summed E-state index contributed by atoms with van der Waals surface area (Å²) < 4.78 is 5.47. The van der Waals surface area contributed by atoms with E-state index in [0.29, 0.717) is 19.4 Å². The third kappa shape index (κ3) is 58.9. The average Bonchev–Trinajstić information content (AvgIpc) is 3.39. The van der Waals surface area contributed by atoms with Crippen molar-refractivity contribution in [1.82, 2.24) is 5.32 Å². The highest BCUT2D eigenvalue weighted by molar-refractivity contribution is 5.76. The van der Waals surface area contributed by atoms with E-state index in [1.807, 2.05) is 6.08 Å². The lowest BCUT2D eigenvalue weighted by atomic mass is 10.0. The van der Waals surface area contributed by atoms with Gasteiger partial charge in [0.15, 0.2) is 0 Å². The van der Waals surface area contributed by atoms with E-state index in [4.69, 9.17) is 4.74 Å². The number of allylic oxidation sites excluding steroid dienone is 7. The molecule has 3 N–H and O–H groups in total. The van der Waals surface area contributed by atoms with Crippen LogP contribution in [-0.2, 0) is 14.3 Å². The minimum Gasteiger partial charge on any atom is -0.466 e. The second kappa shape index (κ2) is 62.4. The molecule has 0 spiro atoms. The number of aliphatic hydroxyl groups is 2. The Labute approximate surface area is 455 Å². The van der Waals surface area contributed by atoms with Crippen molar-refractivity contribution in [2.24, 2.45) is 0 Å². The zero-order valence-corrected chi connectivity index (χ0v) is 48.9. The van der Waals surface area contributed by atoms with Crippen LogP contribution in [0.3, 0.4) is 0 Å². The van der Waals surface area contributed by atoms with Gasteiger partial charge in [0.25, 0.3) is 0 Å². The number of hydrogen-bond acceptors (Lipinski definition) is 5. The maximum absolute atomic E-state index is 12.4. The van der Waals surface area contributed by atoms with Crippen LogP contribution in [0.25, 0.3) is 0 Å². The van der Waals surface area contributed by atoms with Crippen molar-refractivity contribution in [3.05, 3.63) is 48.6 Å². The summed E-state index contributed by atoms with van der Waals surface area (Å²) in [5.41, 5.74) is 0. The molecule has 6 nitrogen and oxygen atoms in total. The van der Waals surface area contributed by atoms with E-state index < -0.39 is 12.1 Å². The first-order valence-electron chi connectivity index (χ1n) is 32.4. The third-order valence-electron chi connectivity index (χ3n) is 14.8. The highest BCUT2D eigenvalue weighted by Gasteiger charge is 2.18. The molecule has 73 heavy (non-hydrogen) atoms. The van der Waals surface area contributed by atoms with Crippen molar-refractivity contribution < 1.29 is 24.5 Å². The molecular weight excluding hydrogens is 899 g/mol. The Morgan fingerprint density at radius 3 is 1.08 bits per heavy atom. The molecular formula is C67H125NO5. The lowest BCUT2D eigenvalue weighted by Gasteiger charge is -2.20. The summed E-state index contributed by atoms with van der Waals surface area (Å²) in [4.78, 5) is 24.4. The van der Waals surface area contributed by atoms with E-state index in [-0.39, 0.29) is 18.5 Å². The molecule has 2 atom stereocenters. The van der Waals surface area contributed by atoms with Gasteiger partial charge >= 0.3 is 5.97 Å². The Bertz CT molecular complexity index is 1230. The number of ether oxygens (including phenoxy) is 1. The number of nitrogens with one attached hydrogen (secondary N) is 1. The van der Waals surface area contributed by atoms with E-state index in [1.165, 1.54) is 263 Å². The highest BCUT2D eigenvalue weighted by Crippen LogP contribution is 2.17. The van der Waals surface area contributed by atoms with Crippen LogP contribution in [-0.4, -0.2) is 47.4 Å². The van der Waals surface area contributed by atoms with Crippen LogP contribution in [0.1, 0.15) is 341 Å². The molecule has 0 aromatic rings. The minimum atomic E-state index is -0.841. The molecule has 0 rings (SSSR count). The first kappa shape index (κ1) is 70.8. The monoisotopic (exact) mass is 1020 g/mol. The van der Waals surface area contributed by atoms with E-state index in [2.05, 4.69) is 55.6 Å². The van der Waals surface area contributed by atoms with Gasteiger partial charge in [-0.1, -0.05) is 287 Å². The molecule has 6 heteroatoms. The zero-order valence-electron chi connectivity index (χ0n) is 48.9. The molecule has 1 amide bonds. The SMILES string of the molecule is CCCCC/C=C\CCCCCCCC(=O)OCCCCCCCCCCCCC/C=C\C/C=C\CCCCCCCCCCCCCCCCCCCC(=O)NC(CO)C(O)/C=C/CCCCCCCCC. The number of esters is 1. The maximum Gasteiger partial charge on any atom is 0.305 e. The largest absolute Gasteiger partial charge is 0.466 e. The summed E-state index contributed by atoms with van der Waals surface area (Å²) >= 11 is 0. The number of hydrogen-bond donors (Lipinski definition) is 3. The van der Waals surface area contributed by atoms with Gasteiger partial charge in [0, 0.05) is 12.8 Å². The summed E-state index contributed by atoms with van der Waals surface area (Å²) in [6.07, 6.45) is 80.5. The van der Waals surface area contributed by atoms with Gasteiger partial charge in [0.05, 0.1) is 25.4 Å². The first-order valence-corrected chi connectivity index (χ1v) is 32.4. The topological polar surface area (TPSA) is 95.9 Å². The normalized spacial score (nSPS) is 12.9. The van der Waals surface area contributed by atoms with Gasteiger partial charge in [0.2, 0.25) is 5.91 Å². The van der Waals surface area contributed by atoms with Crippen LogP contribution in [0.5, 0.6) is 0 Å². The molecule has 0 aliphatic carbocycles. The molecule has 2 unspecified atom stereocenters. The summed E-state index contributed by atoms with van der Waals surface area (Å²) in [6.45, 7) is 4.86. The Morgan fingerprint density at radius 2 is 0.685 bits per heavy atom. The Morgan fingerprint density at radius 1 is 0.384 bits per heavy atom. The van der Waals surface area contributed by atoms with Crippen LogP contribution in [0, 0.1) is 0 Å². The van der Waals surface area contributed by atoms with Crippen molar-refractivity contribution in [2.45, 2.75) is 353 Å². The smallest absolute Gasteiger partial charge is 0.305 e. The summed E-state index contributed by atoms with van der Waals surface area (Å²) in [5.74, 6) is -0.0619. The predicted molar refractivity (Wildman–Crippen MR) is 319 cm³/mol. The number of carbonyl (C=O) groups excluding carboxylic acids is 2. The van der Waals surface area contributed by atoms with Crippen molar-refractivity contribution in [3.63, 3.8) is 0 Å². The molecule has 0 aromatic heterocycles. The van der Waals surface area contributed by atoms with Crippen molar-refractivity contribution in [3.8, 4) is 0 Å². The molecule has 0 fully saturated rings. The Hall–Kier alpha value is -2.18. The number of amides is 1. The van der Waals surface area contributed by atoms with E-state index in [1.54, 1.807) is 6.08 Å². The molecule has 0 aliphatic heterocycles. The van der Waals surface area contributed by atoms with Gasteiger partial charge in [-0.3, -0.25) is 9.59 Å². The first-order chi connectivity index (χ1) is 36.0. The predicted octanol–water partition coefficient (Wildman–Crippen LogP) is 20.5. The quantitative estimate of drug-likeness (QED) is 0.0320. The summed E-state index contributed by atoms with van der Waals surface area (Å²) in [5, 5.41) is 23.0. The van der Waals surface area contributed by atoms with Crippen molar-refractivity contribution in [2.75, 3.05) is 13.2 Å². The Kier molecular flexibility index (Phi) is 60.5. The summed E-state index contributed by atoms with van der Waals surface area (Å²) in [7, 11) is 0. The Balaban J connectivity index is 3.36. The van der Waals surface area contributed by atoms with Gasteiger partial charge in [-0.25, -0.2) is 0 Å². The van der Waals surface area contributed by atoms with Gasteiger partial charge in [-0.15, -0.1) is 0 Å². The third-order valence-corrected chi connectivity index (χ3v) is 14.8. The number of unbranched alkanes of at least 4 members (excludes halogenated alkanes) is 43. The lowest BCUT2D eigenvalue weighted by Crippen LogP contribution is -2.45. The van der Waals surface area contributed by atoms with Crippen LogP contribution in [0.2, 0.25) is 0 Å². The average molecular weight is 1020 g/mol. The van der Waals surface area contributed by atoms with E-state index in [0.717, 1.165) is 51.4 Å². The molecule has 0 heterocycles. The maximum atomic E-state index is 12.4. The standard InChI is InChI=1S/C67H125NO5/c1-3-5-7-9-11-13-14-41-45-49-53-57-61-67(72)73-62-58-54-50-46-42-39-37-35-33-31-29-27-25-23-21-19-17-15-16-18-20-22-24-26-28-30-32-34-36-38-40-44-48-52-56-60-66(71)68-64(63-69)65(70)59-55-51-47-43-12-10-8-6-4-2/h11,13,17,19,23,25,55,59,64-65,69-70H,3-10,12,14-16,18,20-22,24,26-54,56-58,60-63H2,1-2H3,(H,68,71)/b13-11-,19-17-,25-23-,59-55+. The minimum absolute atomic E-state index is 0.00604. The van der Waals surface area contributed by atoms with Gasteiger partial charge in [-0.05, 0) is 89.9 Å². The fourth-order valence-corrected chi connectivity index (χ4v) is 9.84. The second-order valence-corrected chi connectivity index (χ2v) is 22.1. The van der Waals surface area contributed by atoms with E-state index in [9.17, 15) is 19.8 Å². The lowest BCUT2D eigenvalue weighted by molar-refractivity contribution is -0.143. The van der Waals surface area contributed by atoms with E-state index >= 15 is 0 Å². The number of carbonyl (C=O) groups is 2. The van der Waals surface area contributed by atoms with Crippen molar-refractivity contribution >= 4 is 11.9 Å².